The average Bonchev–Trinajstić information content (AvgIpc) is 2.29. The first-order chi connectivity index (χ1) is 8.19. The molecule has 5 atom stereocenters. The fourth-order valence-electron chi connectivity index (χ4n) is 1.82. The summed E-state index contributed by atoms with van der Waals surface area (Å²) < 4.78 is 10.8. The average molecular weight is 262 g/mol. The third kappa shape index (κ3) is 3.20. The van der Waals surface area contributed by atoms with E-state index < -0.39 is 42.1 Å². The fourth-order valence-corrected chi connectivity index (χ4v) is 1.82. The zero-order valence-corrected chi connectivity index (χ0v) is 11.2. The highest BCUT2D eigenvalue weighted by molar-refractivity contribution is 5.73. The Labute approximate surface area is 107 Å². The van der Waals surface area contributed by atoms with Crippen LogP contribution in [0.5, 0.6) is 0 Å². The van der Waals surface area contributed by atoms with E-state index in [1.807, 2.05) is 6.92 Å². The van der Waals surface area contributed by atoms with Crippen molar-refractivity contribution < 1.29 is 29.6 Å². The molecule has 106 valence electrons. The van der Waals surface area contributed by atoms with Gasteiger partial charge in [0.05, 0.1) is 11.7 Å². The Morgan fingerprint density at radius 1 is 1.33 bits per heavy atom. The van der Waals surface area contributed by atoms with E-state index in [9.17, 15) is 15.0 Å². The van der Waals surface area contributed by atoms with Crippen molar-refractivity contribution >= 4 is 5.97 Å². The summed E-state index contributed by atoms with van der Waals surface area (Å²) in [5, 5.41) is 28.8. The molecular formula is C12H22O6. The third-order valence-electron chi connectivity index (χ3n) is 3.38. The Hall–Kier alpha value is -0.690. The van der Waals surface area contributed by atoms with Crippen molar-refractivity contribution in [3.05, 3.63) is 0 Å². The van der Waals surface area contributed by atoms with E-state index in [0.29, 0.717) is 6.42 Å². The molecule has 0 radical (unpaired) electrons. The minimum atomic E-state index is -1.28. The van der Waals surface area contributed by atoms with E-state index in [4.69, 9.17) is 14.6 Å². The van der Waals surface area contributed by atoms with E-state index in [0.717, 1.165) is 0 Å². The first-order valence-electron chi connectivity index (χ1n) is 6.12. The van der Waals surface area contributed by atoms with Gasteiger partial charge < -0.3 is 24.8 Å². The molecule has 3 N–H and O–H groups in total. The van der Waals surface area contributed by atoms with Gasteiger partial charge >= 0.3 is 5.97 Å². The van der Waals surface area contributed by atoms with Crippen LogP contribution in [0, 0.1) is 0 Å². The highest BCUT2D eigenvalue weighted by Gasteiger charge is 2.48. The van der Waals surface area contributed by atoms with E-state index >= 15 is 0 Å². The number of hydrogen-bond acceptors (Lipinski definition) is 5. The van der Waals surface area contributed by atoms with E-state index in [2.05, 4.69) is 0 Å². The molecule has 3 unspecified atom stereocenters. The van der Waals surface area contributed by atoms with Gasteiger partial charge in [-0.25, -0.2) is 4.79 Å². The number of carbonyl (C=O) groups is 1. The van der Waals surface area contributed by atoms with E-state index in [1.54, 1.807) is 13.8 Å². The van der Waals surface area contributed by atoms with Gasteiger partial charge in [0.1, 0.15) is 18.3 Å². The highest BCUT2D eigenvalue weighted by Crippen LogP contribution is 2.28. The molecule has 0 amide bonds. The van der Waals surface area contributed by atoms with Crippen LogP contribution in [0.3, 0.4) is 0 Å². The maximum absolute atomic E-state index is 11.1. The number of carboxylic acid groups (broad SMARTS) is 1. The first kappa shape index (κ1) is 15.4. The Morgan fingerprint density at radius 3 is 2.33 bits per heavy atom. The van der Waals surface area contributed by atoms with Crippen LogP contribution in [-0.4, -0.2) is 57.4 Å². The second-order valence-electron chi connectivity index (χ2n) is 5.28. The van der Waals surface area contributed by atoms with Crippen molar-refractivity contribution in [2.24, 2.45) is 0 Å². The summed E-state index contributed by atoms with van der Waals surface area (Å²) in [4.78, 5) is 11.1. The molecule has 0 saturated carbocycles. The quantitative estimate of drug-likeness (QED) is 0.667. The molecule has 18 heavy (non-hydrogen) atoms. The SMILES string of the molecule is CCC(C)(C)O[C@@H]1C(C(=O)O)O[C@@H](C)C(O)C1O. The molecule has 6 heteroatoms. The summed E-state index contributed by atoms with van der Waals surface area (Å²) in [7, 11) is 0. The fraction of sp³-hybridized carbons (Fsp3) is 0.917. The lowest BCUT2D eigenvalue weighted by Crippen LogP contribution is -2.61. The molecule has 1 heterocycles. The molecule has 0 aliphatic carbocycles. The molecule has 6 nitrogen and oxygen atoms in total. The summed E-state index contributed by atoms with van der Waals surface area (Å²) in [6.45, 7) is 7.00. The summed E-state index contributed by atoms with van der Waals surface area (Å²) >= 11 is 0. The lowest BCUT2D eigenvalue weighted by Gasteiger charge is -2.42. The Bertz CT molecular complexity index is 303. The second-order valence-corrected chi connectivity index (χ2v) is 5.28. The number of hydrogen-bond donors (Lipinski definition) is 3. The van der Waals surface area contributed by atoms with Gasteiger partial charge in [-0.2, -0.15) is 0 Å². The van der Waals surface area contributed by atoms with Crippen LogP contribution in [0.25, 0.3) is 0 Å². The molecule has 1 saturated heterocycles. The van der Waals surface area contributed by atoms with Gasteiger partial charge in [0.25, 0.3) is 0 Å². The van der Waals surface area contributed by atoms with Crippen molar-refractivity contribution in [3.8, 4) is 0 Å². The summed E-state index contributed by atoms with van der Waals surface area (Å²) in [6.07, 6.45) is -4.88. The van der Waals surface area contributed by atoms with Crippen molar-refractivity contribution in [1.29, 1.82) is 0 Å². The summed E-state index contributed by atoms with van der Waals surface area (Å²) in [5.74, 6) is -1.20. The maximum atomic E-state index is 11.1. The highest BCUT2D eigenvalue weighted by atomic mass is 16.6. The molecule has 0 aromatic carbocycles. The van der Waals surface area contributed by atoms with Crippen LogP contribution in [0.4, 0.5) is 0 Å². The number of aliphatic carboxylic acids is 1. The molecule has 0 aromatic rings. The molecule has 1 aliphatic heterocycles. The van der Waals surface area contributed by atoms with Crippen molar-refractivity contribution in [3.63, 3.8) is 0 Å². The van der Waals surface area contributed by atoms with Gasteiger partial charge in [-0.15, -0.1) is 0 Å². The Morgan fingerprint density at radius 2 is 1.89 bits per heavy atom. The van der Waals surface area contributed by atoms with E-state index in [1.165, 1.54) is 6.92 Å². The molecule has 0 aromatic heterocycles. The van der Waals surface area contributed by atoms with Gasteiger partial charge in [0.15, 0.2) is 6.10 Å². The van der Waals surface area contributed by atoms with Gasteiger partial charge in [-0.3, -0.25) is 0 Å². The van der Waals surface area contributed by atoms with Gasteiger partial charge in [0.2, 0.25) is 0 Å². The largest absolute Gasteiger partial charge is 0.479 e. The van der Waals surface area contributed by atoms with Gasteiger partial charge in [0, 0.05) is 0 Å². The van der Waals surface area contributed by atoms with Crippen molar-refractivity contribution in [2.45, 2.75) is 70.2 Å². The molecule has 1 rings (SSSR count). The number of rotatable bonds is 4. The number of aliphatic hydroxyl groups is 2. The Balaban J connectivity index is 2.91. The molecule has 0 bridgehead atoms. The van der Waals surface area contributed by atoms with Crippen LogP contribution in [0.15, 0.2) is 0 Å². The zero-order chi connectivity index (χ0) is 14.1. The van der Waals surface area contributed by atoms with Crippen LogP contribution >= 0.6 is 0 Å². The zero-order valence-electron chi connectivity index (χ0n) is 11.2. The predicted octanol–water partition coefficient (Wildman–Crippen LogP) is 0.154. The molecule has 0 spiro atoms. The van der Waals surface area contributed by atoms with Crippen molar-refractivity contribution in [1.82, 2.24) is 0 Å². The Kier molecular flexibility index (Phi) is 4.72. The topological polar surface area (TPSA) is 96.2 Å². The number of ether oxygens (including phenoxy) is 2. The lowest BCUT2D eigenvalue weighted by molar-refractivity contribution is -0.254. The summed E-state index contributed by atoms with van der Waals surface area (Å²) in [5.41, 5.74) is -0.594. The van der Waals surface area contributed by atoms with Crippen molar-refractivity contribution in [2.75, 3.05) is 0 Å². The minimum absolute atomic E-state index is 0.594. The second kappa shape index (κ2) is 5.52. The van der Waals surface area contributed by atoms with Crippen LogP contribution in [0.2, 0.25) is 0 Å². The lowest BCUT2D eigenvalue weighted by atomic mass is 9.94. The number of aliphatic hydroxyl groups excluding tert-OH is 2. The monoisotopic (exact) mass is 262 g/mol. The van der Waals surface area contributed by atoms with Crippen LogP contribution in [0.1, 0.15) is 34.1 Å². The molecule has 1 aliphatic rings. The predicted molar refractivity (Wildman–Crippen MR) is 63.2 cm³/mol. The molecular weight excluding hydrogens is 240 g/mol. The number of carboxylic acids is 1. The smallest absolute Gasteiger partial charge is 0.335 e. The minimum Gasteiger partial charge on any atom is -0.479 e. The summed E-state index contributed by atoms with van der Waals surface area (Å²) in [6, 6.07) is 0. The maximum Gasteiger partial charge on any atom is 0.335 e. The first-order valence-corrected chi connectivity index (χ1v) is 6.12. The normalized spacial score (nSPS) is 37.6. The third-order valence-corrected chi connectivity index (χ3v) is 3.38. The van der Waals surface area contributed by atoms with Crippen LogP contribution < -0.4 is 0 Å². The molecule has 1 fully saturated rings. The van der Waals surface area contributed by atoms with E-state index in [-0.39, 0.29) is 0 Å². The van der Waals surface area contributed by atoms with Gasteiger partial charge in [-0.05, 0) is 27.2 Å². The van der Waals surface area contributed by atoms with Crippen LogP contribution in [-0.2, 0) is 14.3 Å². The van der Waals surface area contributed by atoms with Gasteiger partial charge in [-0.1, -0.05) is 6.92 Å². The standard InChI is InChI=1S/C12H22O6/c1-5-12(3,4)18-9-8(14)7(13)6(2)17-10(9)11(15)16/h6-10,13-14H,5H2,1-4H3,(H,15,16)/t6-,7?,8?,9-,10?/m0/s1.